The second kappa shape index (κ2) is 6.73. The standard InChI is InChI=1S/C17H24N2/c1-14-8-6-7-10-16(14)13-19(2)17-11-5-3-4-9-15(17)12-18/h6-8,10,15,17H,3-5,9,11,13H2,1-2H3. The fourth-order valence-electron chi connectivity index (χ4n) is 3.14. The van der Waals surface area contributed by atoms with E-state index in [0.29, 0.717) is 6.04 Å². The number of nitriles is 1. The highest BCUT2D eigenvalue weighted by Crippen LogP contribution is 2.27. The van der Waals surface area contributed by atoms with Crippen LogP contribution in [0.4, 0.5) is 0 Å². The van der Waals surface area contributed by atoms with E-state index in [1.54, 1.807) is 0 Å². The van der Waals surface area contributed by atoms with Gasteiger partial charge in [-0.15, -0.1) is 0 Å². The zero-order chi connectivity index (χ0) is 13.7. The van der Waals surface area contributed by atoms with Gasteiger partial charge >= 0.3 is 0 Å². The molecule has 1 fully saturated rings. The van der Waals surface area contributed by atoms with Crippen LogP contribution < -0.4 is 0 Å². The summed E-state index contributed by atoms with van der Waals surface area (Å²) in [4.78, 5) is 2.39. The van der Waals surface area contributed by atoms with Gasteiger partial charge in [0.2, 0.25) is 0 Å². The summed E-state index contributed by atoms with van der Waals surface area (Å²) in [5.41, 5.74) is 2.72. The number of nitrogens with zero attached hydrogens (tertiary/aromatic N) is 2. The maximum Gasteiger partial charge on any atom is 0.0672 e. The van der Waals surface area contributed by atoms with Crippen LogP contribution in [0.25, 0.3) is 0 Å². The van der Waals surface area contributed by atoms with Gasteiger partial charge in [-0.1, -0.05) is 43.5 Å². The van der Waals surface area contributed by atoms with E-state index in [0.717, 1.165) is 13.0 Å². The van der Waals surface area contributed by atoms with Gasteiger partial charge in [0.25, 0.3) is 0 Å². The smallest absolute Gasteiger partial charge is 0.0672 e. The minimum Gasteiger partial charge on any atom is -0.298 e. The van der Waals surface area contributed by atoms with Gasteiger partial charge in [-0.05, 0) is 37.9 Å². The molecule has 102 valence electrons. The minimum atomic E-state index is 0.205. The Bertz CT molecular complexity index is 447. The number of rotatable bonds is 3. The van der Waals surface area contributed by atoms with Crippen LogP contribution >= 0.6 is 0 Å². The molecule has 0 N–H and O–H groups in total. The molecule has 0 aliphatic heterocycles. The molecule has 1 aliphatic rings. The Balaban J connectivity index is 2.07. The van der Waals surface area contributed by atoms with Gasteiger partial charge in [0, 0.05) is 12.6 Å². The summed E-state index contributed by atoms with van der Waals surface area (Å²) < 4.78 is 0. The molecule has 2 atom stereocenters. The second-order valence-electron chi connectivity index (χ2n) is 5.78. The molecule has 1 aliphatic carbocycles. The Hall–Kier alpha value is -1.33. The van der Waals surface area contributed by atoms with Gasteiger partial charge in [0.15, 0.2) is 0 Å². The number of aryl methyl sites for hydroxylation is 1. The zero-order valence-corrected chi connectivity index (χ0v) is 12.1. The molecule has 0 heterocycles. The third-order valence-electron chi connectivity index (χ3n) is 4.39. The predicted octanol–water partition coefficient (Wildman–Crippen LogP) is 3.90. The van der Waals surface area contributed by atoms with E-state index in [9.17, 15) is 5.26 Å². The monoisotopic (exact) mass is 256 g/mol. The van der Waals surface area contributed by atoms with Crippen LogP contribution in [0.2, 0.25) is 0 Å². The SMILES string of the molecule is Cc1ccccc1CN(C)C1CCCCCC1C#N. The molecule has 1 aromatic rings. The Morgan fingerprint density at radius 1 is 1.21 bits per heavy atom. The summed E-state index contributed by atoms with van der Waals surface area (Å²) in [6.45, 7) is 3.12. The van der Waals surface area contributed by atoms with E-state index in [-0.39, 0.29) is 5.92 Å². The maximum absolute atomic E-state index is 9.38. The number of benzene rings is 1. The first-order valence-corrected chi connectivity index (χ1v) is 7.36. The molecular weight excluding hydrogens is 232 g/mol. The molecule has 2 rings (SSSR count). The Labute approximate surface area is 117 Å². The van der Waals surface area contributed by atoms with Gasteiger partial charge in [-0.2, -0.15) is 5.26 Å². The van der Waals surface area contributed by atoms with Crippen LogP contribution in [0.1, 0.15) is 43.2 Å². The quantitative estimate of drug-likeness (QED) is 0.767. The molecule has 1 saturated carbocycles. The van der Waals surface area contributed by atoms with E-state index < -0.39 is 0 Å². The van der Waals surface area contributed by atoms with Crippen LogP contribution in [0.5, 0.6) is 0 Å². The van der Waals surface area contributed by atoms with Crippen molar-refractivity contribution in [1.82, 2.24) is 4.90 Å². The predicted molar refractivity (Wildman–Crippen MR) is 78.6 cm³/mol. The lowest BCUT2D eigenvalue weighted by atomic mass is 9.94. The van der Waals surface area contributed by atoms with Crippen molar-refractivity contribution in [2.75, 3.05) is 7.05 Å². The van der Waals surface area contributed by atoms with Crippen molar-refractivity contribution < 1.29 is 0 Å². The van der Waals surface area contributed by atoms with Crippen LogP contribution in [0, 0.1) is 24.2 Å². The Kier molecular flexibility index (Phi) is 4.99. The maximum atomic E-state index is 9.38. The van der Waals surface area contributed by atoms with E-state index in [1.165, 1.54) is 36.8 Å². The lowest BCUT2D eigenvalue weighted by Gasteiger charge is -2.30. The summed E-state index contributed by atoms with van der Waals surface area (Å²) in [6.07, 6.45) is 6.00. The molecular formula is C17H24N2. The summed E-state index contributed by atoms with van der Waals surface area (Å²) in [7, 11) is 2.17. The van der Waals surface area contributed by atoms with E-state index in [2.05, 4.69) is 49.2 Å². The van der Waals surface area contributed by atoms with Crippen molar-refractivity contribution in [2.45, 2.75) is 51.6 Å². The lowest BCUT2D eigenvalue weighted by Crippen LogP contribution is -2.36. The highest BCUT2D eigenvalue weighted by Gasteiger charge is 2.26. The van der Waals surface area contributed by atoms with E-state index in [1.807, 2.05) is 0 Å². The first-order chi connectivity index (χ1) is 9.22. The minimum absolute atomic E-state index is 0.205. The molecule has 0 bridgehead atoms. The van der Waals surface area contributed by atoms with Crippen molar-refractivity contribution in [3.8, 4) is 6.07 Å². The second-order valence-corrected chi connectivity index (χ2v) is 5.78. The van der Waals surface area contributed by atoms with Crippen LogP contribution in [0.15, 0.2) is 24.3 Å². The molecule has 0 aromatic heterocycles. The molecule has 1 aromatic carbocycles. The van der Waals surface area contributed by atoms with Crippen LogP contribution in [-0.4, -0.2) is 18.0 Å². The van der Waals surface area contributed by atoms with Gasteiger partial charge in [-0.25, -0.2) is 0 Å². The lowest BCUT2D eigenvalue weighted by molar-refractivity contribution is 0.183. The normalized spacial score (nSPS) is 23.9. The highest BCUT2D eigenvalue weighted by molar-refractivity contribution is 5.25. The molecule has 2 heteroatoms. The molecule has 0 saturated heterocycles. The van der Waals surface area contributed by atoms with Gasteiger partial charge in [-0.3, -0.25) is 4.90 Å². The molecule has 19 heavy (non-hydrogen) atoms. The van der Waals surface area contributed by atoms with E-state index >= 15 is 0 Å². The number of hydrogen-bond donors (Lipinski definition) is 0. The summed E-state index contributed by atoms with van der Waals surface area (Å²) in [5.74, 6) is 0.205. The third kappa shape index (κ3) is 3.58. The molecule has 0 spiro atoms. The summed E-state index contributed by atoms with van der Waals surface area (Å²) in [6, 6.07) is 11.5. The third-order valence-corrected chi connectivity index (χ3v) is 4.39. The van der Waals surface area contributed by atoms with Crippen molar-refractivity contribution >= 4 is 0 Å². The first kappa shape index (κ1) is 14.1. The Morgan fingerprint density at radius 3 is 2.68 bits per heavy atom. The topological polar surface area (TPSA) is 27.0 Å². The Morgan fingerprint density at radius 2 is 1.95 bits per heavy atom. The van der Waals surface area contributed by atoms with Crippen molar-refractivity contribution in [1.29, 1.82) is 5.26 Å². The summed E-state index contributed by atoms with van der Waals surface area (Å²) >= 11 is 0. The van der Waals surface area contributed by atoms with Crippen molar-refractivity contribution in [3.05, 3.63) is 35.4 Å². The van der Waals surface area contributed by atoms with Crippen molar-refractivity contribution in [3.63, 3.8) is 0 Å². The molecule has 2 nitrogen and oxygen atoms in total. The largest absolute Gasteiger partial charge is 0.298 e. The average Bonchev–Trinajstić information content (AvgIpc) is 2.66. The van der Waals surface area contributed by atoms with Gasteiger partial charge in [0.05, 0.1) is 12.0 Å². The zero-order valence-electron chi connectivity index (χ0n) is 12.1. The van der Waals surface area contributed by atoms with Crippen molar-refractivity contribution in [2.24, 2.45) is 5.92 Å². The number of hydrogen-bond acceptors (Lipinski definition) is 2. The van der Waals surface area contributed by atoms with Crippen LogP contribution in [-0.2, 0) is 6.54 Å². The summed E-state index contributed by atoms with van der Waals surface area (Å²) in [5, 5.41) is 9.38. The first-order valence-electron chi connectivity index (χ1n) is 7.36. The fraction of sp³-hybridized carbons (Fsp3) is 0.588. The average molecular weight is 256 g/mol. The van der Waals surface area contributed by atoms with Gasteiger partial charge < -0.3 is 0 Å². The molecule has 0 amide bonds. The molecule has 0 radical (unpaired) electrons. The van der Waals surface area contributed by atoms with E-state index in [4.69, 9.17) is 0 Å². The molecule has 2 unspecified atom stereocenters. The highest BCUT2D eigenvalue weighted by atomic mass is 15.1. The van der Waals surface area contributed by atoms with Crippen LogP contribution in [0.3, 0.4) is 0 Å². The van der Waals surface area contributed by atoms with Gasteiger partial charge in [0.1, 0.15) is 0 Å². The fourth-order valence-corrected chi connectivity index (χ4v) is 3.14.